The van der Waals surface area contributed by atoms with E-state index >= 15 is 0 Å². The minimum absolute atomic E-state index is 0.00662. The Bertz CT molecular complexity index is 1020. The quantitative estimate of drug-likeness (QED) is 0.691. The topological polar surface area (TPSA) is 94.2 Å². The Balaban J connectivity index is 1.84. The van der Waals surface area contributed by atoms with Crippen LogP contribution >= 0.6 is 11.6 Å². The van der Waals surface area contributed by atoms with Crippen LogP contribution in [0.2, 0.25) is 5.02 Å². The van der Waals surface area contributed by atoms with Crippen molar-refractivity contribution in [2.75, 3.05) is 45.8 Å². The molecule has 0 aliphatic carbocycles. The standard InChI is InChI=1S/C20H23ClN2O6S/c1-27-18-5-3-15(21)11-14(18)12-20(24)22-17-13-16(4-6-19(17)28-2)30(25,26)23-7-9-29-10-8-23/h3-6,11,13H,7-10,12H2,1-2H3,(H,22,24). The molecule has 1 aliphatic rings. The molecule has 162 valence electrons. The molecule has 0 unspecified atom stereocenters. The number of rotatable bonds is 7. The molecule has 2 aromatic carbocycles. The first kappa shape index (κ1) is 22.4. The molecule has 0 radical (unpaired) electrons. The van der Waals surface area contributed by atoms with Crippen molar-refractivity contribution in [1.29, 1.82) is 0 Å². The highest BCUT2D eigenvalue weighted by Gasteiger charge is 2.27. The van der Waals surface area contributed by atoms with Crippen LogP contribution < -0.4 is 14.8 Å². The highest BCUT2D eigenvalue weighted by atomic mass is 35.5. The first-order valence-corrected chi connectivity index (χ1v) is 11.0. The monoisotopic (exact) mass is 454 g/mol. The van der Waals surface area contributed by atoms with Crippen LogP contribution in [0.4, 0.5) is 5.69 Å². The lowest BCUT2D eigenvalue weighted by atomic mass is 10.1. The number of ether oxygens (including phenoxy) is 3. The highest BCUT2D eigenvalue weighted by molar-refractivity contribution is 7.89. The lowest BCUT2D eigenvalue weighted by Crippen LogP contribution is -2.40. The number of sulfonamides is 1. The van der Waals surface area contributed by atoms with Gasteiger partial charge in [-0.1, -0.05) is 11.6 Å². The number of benzene rings is 2. The third-order valence-electron chi connectivity index (χ3n) is 4.65. The van der Waals surface area contributed by atoms with Crippen LogP contribution in [0, 0.1) is 0 Å². The Labute approximate surface area is 180 Å². The van der Waals surface area contributed by atoms with E-state index in [-0.39, 0.29) is 36.0 Å². The minimum atomic E-state index is -3.71. The Morgan fingerprint density at radius 2 is 1.77 bits per heavy atom. The molecule has 1 amide bonds. The largest absolute Gasteiger partial charge is 0.496 e. The normalized spacial score (nSPS) is 14.9. The Morgan fingerprint density at radius 1 is 1.10 bits per heavy atom. The maximum atomic E-state index is 12.9. The van der Waals surface area contributed by atoms with Crippen molar-refractivity contribution >= 4 is 33.2 Å². The van der Waals surface area contributed by atoms with Gasteiger partial charge in [0.2, 0.25) is 15.9 Å². The van der Waals surface area contributed by atoms with Crippen molar-refractivity contribution in [3.63, 3.8) is 0 Å². The van der Waals surface area contributed by atoms with Gasteiger partial charge in [-0.3, -0.25) is 4.79 Å². The maximum Gasteiger partial charge on any atom is 0.243 e. The summed E-state index contributed by atoms with van der Waals surface area (Å²) in [5.74, 6) is 0.516. The molecule has 1 saturated heterocycles. The van der Waals surface area contributed by atoms with Gasteiger partial charge in [0.15, 0.2) is 0 Å². The van der Waals surface area contributed by atoms with E-state index in [1.807, 2.05) is 0 Å². The summed E-state index contributed by atoms with van der Waals surface area (Å²) < 4.78 is 43.0. The zero-order valence-electron chi connectivity index (χ0n) is 16.7. The van der Waals surface area contributed by atoms with E-state index in [0.29, 0.717) is 35.3 Å². The van der Waals surface area contributed by atoms with Crippen molar-refractivity contribution in [1.82, 2.24) is 4.31 Å². The van der Waals surface area contributed by atoms with Crippen LogP contribution in [0.1, 0.15) is 5.56 Å². The zero-order chi connectivity index (χ0) is 21.7. The summed E-state index contributed by atoms with van der Waals surface area (Å²) in [4.78, 5) is 12.7. The number of nitrogens with one attached hydrogen (secondary N) is 1. The number of anilines is 1. The fourth-order valence-electron chi connectivity index (χ4n) is 3.13. The predicted molar refractivity (Wildman–Crippen MR) is 113 cm³/mol. The third kappa shape index (κ3) is 5.04. The molecular weight excluding hydrogens is 432 g/mol. The van der Waals surface area contributed by atoms with Gasteiger partial charge in [-0.05, 0) is 36.4 Å². The molecule has 8 nitrogen and oxygen atoms in total. The van der Waals surface area contributed by atoms with Crippen LogP contribution in [0.5, 0.6) is 11.5 Å². The molecule has 3 rings (SSSR count). The number of morpholine rings is 1. The van der Waals surface area contributed by atoms with Gasteiger partial charge in [0.05, 0.1) is 44.4 Å². The number of amides is 1. The summed E-state index contributed by atoms with van der Waals surface area (Å²) in [6.45, 7) is 1.26. The summed E-state index contributed by atoms with van der Waals surface area (Å²) in [5.41, 5.74) is 0.872. The molecule has 0 atom stereocenters. The van der Waals surface area contributed by atoms with E-state index in [0.717, 1.165) is 0 Å². The molecular formula is C20H23ClN2O6S. The molecule has 2 aromatic rings. The number of halogens is 1. The summed E-state index contributed by atoms with van der Waals surface area (Å²) in [6.07, 6.45) is -0.00662. The summed E-state index contributed by atoms with van der Waals surface area (Å²) in [7, 11) is -0.758. The SMILES string of the molecule is COc1ccc(Cl)cc1CC(=O)Nc1cc(S(=O)(=O)N2CCOCC2)ccc1OC. The van der Waals surface area contributed by atoms with E-state index in [1.54, 1.807) is 18.2 Å². The minimum Gasteiger partial charge on any atom is -0.496 e. The van der Waals surface area contributed by atoms with E-state index in [2.05, 4.69) is 5.32 Å². The Hall–Kier alpha value is -2.33. The van der Waals surface area contributed by atoms with E-state index in [1.165, 1.54) is 36.7 Å². The Morgan fingerprint density at radius 3 is 2.43 bits per heavy atom. The number of carbonyl (C=O) groups is 1. The average molecular weight is 455 g/mol. The van der Waals surface area contributed by atoms with E-state index in [4.69, 9.17) is 25.8 Å². The zero-order valence-corrected chi connectivity index (χ0v) is 18.3. The average Bonchev–Trinajstić information content (AvgIpc) is 2.74. The fraction of sp³-hybridized carbons (Fsp3) is 0.350. The van der Waals surface area contributed by atoms with Gasteiger partial charge in [0, 0.05) is 23.7 Å². The molecule has 1 N–H and O–H groups in total. The lowest BCUT2D eigenvalue weighted by molar-refractivity contribution is -0.115. The molecule has 1 fully saturated rings. The molecule has 30 heavy (non-hydrogen) atoms. The molecule has 0 spiro atoms. The van der Waals surface area contributed by atoms with Crippen molar-refractivity contribution in [2.45, 2.75) is 11.3 Å². The maximum absolute atomic E-state index is 12.9. The predicted octanol–water partition coefficient (Wildman–Crippen LogP) is 2.56. The lowest BCUT2D eigenvalue weighted by Gasteiger charge is -2.26. The summed E-state index contributed by atoms with van der Waals surface area (Å²) in [5, 5.41) is 3.21. The smallest absolute Gasteiger partial charge is 0.243 e. The second-order valence-electron chi connectivity index (χ2n) is 6.56. The van der Waals surface area contributed by atoms with Gasteiger partial charge >= 0.3 is 0 Å². The van der Waals surface area contributed by atoms with Gasteiger partial charge in [-0.2, -0.15) is 4.31 Å². The molecule has 0 bridgehead atoms. The fourth-order valence-corrected chi connectivity index (χ4v) is 4.76. The second kappa shape index (κ2) is 9.65. The molecule has 10 heteroatoms. The summed E-state index contributed by atoms with van der Waals surface area (Å²) >= 11 is 6.02. The van der Waals surface area contributed by atoms with E-state index in [9.17, 15) is 13.2 Å². The van der Waals surface area contributed by atoms with Crippen molar-refractivity contribution in [2.24, 2.45) is 0 Å². The molecule has 1 aliphatic heterocycles. The van der Waals surface area contributed by atoms with Gasteiger partial charge < -0.3 is 19.5 Å². The number of carbonyl (C=O) groups excluding carboxylic acids is 1. The van der Waals surface area contributed by atoms with Crippen LogP contribution in [0.3, 0.4) is 0 Å². The van der Waals surface area contributed by atoms with Crippen molar-refractivity contribution in [3.8, 4) is 11.5 Å². The van der Waals surface area contributed by atoms with Gasteiger partial charge in [0.25, 0.3) is 0 Å². The highest BCUT2D eigenvalue weighted by Crippen LogP contribution is 2.30. The van der Waals surface area contributed by atoms with Gasteiger partial charge in [0.1, 0.15) is 11.5 Å². The van der Waals surface area contributed by atoms with Gasteiger partial charge in [-0.15, -0.1) is 0 Å². The number of hydrogen-bond donors (Lipinski definition) is 1. The van der Waals surface area contributed by atoms with Crippen molar-refractivity contribution in [3.05, 3.63) is 47.0 Å². The van der Waals surface area contributed by atoms with Crippen LogP contribution in [0.25, 0.3) is 0 Å². The molecule has 0 saturated carbocycles. The third-order valence-corrected chi connectivity index (χ3v) is 6.78. The first-order valence-electron chi connectivity index (χ1n) is 9.23. The van der Waals surface area contributed by atoms with E-state index < -0.39 is 10.0 Å². The number of hydrogen-bond acceptors (Lipinski definition) is 6. The van der Waals surface area contributed by atoms with Gasteiger partial charge in [-0.25, -0.2) is 8.42 Å². The Kier molecular flexibility index (Phi) is 7.19. The van der Waals surface area contributed by atoms with Crippen LogP contribution in [0.15, 0.2) is 41.3 Å². The summed E-state index contributed by atoms with van der Waals surface area (Å²) in [6, 6.07) is 9.38. The number of nitrogens with zero attached hydrogens (tertiary/aromatic N) is 1. The molecule has 0 aromatic heterocycles. The van der Waals surface area contributed by atoms with Crippen molar-refractivity contribution < 1.29 is 27.4 Å². The van der Waals surface area contributed by atoms with Crippen LogP contribution in [-0.4, -0.2) is 59.2 Å². The first-order chi connectivity index (χ1) is 14.3. The molecule has 1 heterocycles. The number of methoxy groups -OCH3 is 2. The second-order valence-corrected chi connectivity index (χ2v) is 8.93. The van der Waals surface area contributed by atoms with Crippen LogP contribution in [-0.2, 0) is 26.0 Å².